The molecule has 3 heteroatoms. The number of carbonyl (C=O) groups is 1. The Balaban J connectivity index is 2.15. The Hall–Kier alpha value is -1.66. The van der Waals surface area contributed by atoms with Crippen molar-refractivity contribution in [1.82, 2.24) is 0 Å². The summed E-state index contributed by atoms with van der Waals surface area (Å²) >= 11 is 0. The molecule has 1 fully saturated rings. The largest absolute Gasteiger partial charge is 0.378 e. The van der Waals surface area contributed by atoms with Crippen LogP contribution in [0.15, 0.2) is 24.3 Å². The Kier molecular flexibility index (Phi) is 4.57. The molecule has 0 bridgehead atoms. The summed E-state index contributed by atoms with van der Waals surface area (Å²) in [6, 6.07) is 9.97. The normalized spacial score (nSPS) is 23.6. The number of hydrogen-bond donors (Lipinski definition) is 0. The molecule has 0 radical (unpaired) electrons. The number of hydrogen-bond acceptors (Lipinski definition) is 3. The molecule has 1 aromatic rings. The molecular weight excluding hydrogens is 250 g/mol. The van der Waals surface area contributed by atoms with Crippen LogP contribution >= 0.6 is 0 Å². The van der Waals surface area contributed by atoms with Crippen LogP contribution in [-0.4, -0.2) is 18.5 Å². The van der Waals surface area contributed by atoms with Gasteiger partial charge in [0.25, 0.3) is 0 Å². The molecule has 0 N–H and O–H groups in total. The van der Waals surface area contributed by atoms with Gasteiger partial charge in [0, 0.05) is 5.92 Å². The fraction of sp³-hybridized carbons (Fsp3) is 0.529. The first kappa shape index (κ1) is 14.7. The lowest BCUT2D eigenvalue weighted by Crippen LogP contribution is -2.21. The molecular formula is C17H21NO2. The van der Waals surface area contributed by atoms with Crippen LogP contribution in [0.2, 0.25) is 0 Å². The van der Waals surface area contributed by atoms with Gasteiger partial charge in [-0.25, -0.2) is 0 Å². The molecule has 1 aliphatic heterocycles. The van der Waals surface area contributed by atoms with E-state index in [1.807, 2.05) is 31.2 Å². The van der Waals surface area contributed by atoms with Crippen molar-refractivity contribution >= 4 is 5.78 Å². The van der Waals surface area contributed by atoms with E-state index in [-0.39, 0.29) is 17.8 Å². The average Bonchev–Trinajstić information content (AvgIpc) is 2.86. The summed E-state index contributed by atoms with van der Waals surface area (Å²) in [4.78, 5) is 12.4. The minimum atomic E-state index is -0.671. The van der Waals surface area contributed by atoms with Gasteiger partial charge in [-0.1, -0.05) is 38.1 Å². The molecule has 2 rings (SSSR count). The lowest BCUT2D eigenvalue weighted by atomic mass is 9.86. The highest BCUT2D eigenvalue weighted by Gasteiger charge is 2.33. The molecule has 0 saturated carbocycles. The summed E-state index contributed by atoms with van der Waals surface area (Å²) in [6.45, 7) is 6.66. The first-order valence-electron chi connectivity index (χ1n) is 7.17. The number of carbonyl (C=O) groups excluding carboxylic acids is 1. The third-order valence-corrected chi connectivity index (χ3v) is 3.95. The van der Waals surface area contributed by atoms with Gasteiger partial charge in [-0.05, 0) is 30.4 Å². The number of rotatable bonds is 4. The van der Waals surface area contributed by atoms with Crippen LogP contribution in [0.1, 0.15) is 50.2 Å². The van der Waals surface area contributed by atoms with Crippen molar-refractivity contribution in [1.29, 1.82) is 5.26 Å². The Morgan fingerprint density at radius 3 is 2.35 bits per heavy atom. The standard InChI is InChI=1S/C17H21NO2/c1-11(2)13-4-6-14(7-5-13)16(9-18)17(19)15-8-12(3)20-10-15/h4-7,11-12,15-16H,8,10H2,1-3H3. The Morgan fingerprint density at radius 1 is 1.30 bits per heavy atom. The summed E-state index contributed by atoms with van der Waals surface area (Å²) in [6.07, 6.45) is 0.841. The van der Waals surface area contributed by atoms with Crippen LogP contribution in [0.3, 0.4) is 0 Å². The molecule has 0 amide bonds. The van der Waals surface area contributed by atoms with Crippen LogP contribution in [0.4, 0.5) is 0 Å². The molecule has 1 heterocycles. The number of ketones is 1. The van der Waals surface area contributed by atoms with Crippen LogP contribution in [0.5, 0.6) is 0 Å². The van der Waals surface area contributed by atoms with Gasteiger partial charge in [-0.2, -0.15) is 5.26 Å². The molecule has 0 aromatic heterocycles. The molecule has 1 aliphatic rings. The zero-order valence-corrected chi connectivity index (χ0v) is 12.3. The molecule has 1 saturated heterocycles. The highest BCUT2D eigenvalue weighted by Crippen LogP contribution is 2.28. The van der Waals surface area contributed by atoms with Crippen LogP contribution in [0, 0.1) is 17.2 Å². The maximum Gasteiger partial charge on any atom is 0.159 e. The number of Topliss-reactive ketones (excluding diaryl/α,β-unsaturated/α-hetero) is 1. The molecule has 20 heavy (non-hydrogen) atoms. The van der Waals surface area contributed by atoms with Gasteiger partial charge in [0.15, 0.2) is 5.78 Å². The van der Waals surface area contributed by atoms with Gasteiger partial charge in [0.1, 0.15) is 5.92 Å². The maximum atomic E-state index is 12.4. The van der Waals surface area contributed by atoms with E-state index in [2.05, 4.69) is 19.9 Å². The third-order valence-electron chi connectivity index (χ3n) is 3.95. The van der Waals surface area contributed by atoms with Crippen molar-refractivity contribution in [3.8, 4) is 6.07 Å². The predicted octanol–water partition coefficient (Wildman–Crippen LogP) is 3.41. The Bertz CT molecular complexity index is 513. The summed E-state index contributed by atoms with van der Waals surface area (Å²) in [5.41, 5.74) is 2.01. The minimum Gasteiger partial charge on any atom is -0.378 e. The number of nitriles is 1. The molecule has 3 atom stereocenters. The van der Waals surface area contributed by atoms with Crippen LogP contribution < -0.4 is 0 Å². The van der Waals surface area contributed by atoms with Crippen LogP contribution in [-0.2, 0) is 9.53 Å². The van der Waals surface area contributed by atoms with Gasteiger partial charge < -0.3 is 4.74 Å². The molecule has 3 nitrogen and oxygen atoms in total. The van der Waals surface area contributed by atoms with Gasteiger partial charge in [-0.3, -0.25) is 4.79 Å². The molecule has 3 unspecified atom stereocenters. The average molecular weight is 271 g/mol. The third kappa shape index (κ3) is 3.08. The van der Waals surface area contributed by atoms with E-state index in [0.29, 0.717) is 12.5 Å². The monoisotopic (exact) mass is 271 g/mol. The zero-order chi connectivity index (χ0) is 14.7. The van der Waals surface area contributed by atoms with Crippen molar-refractivity contribution in [3.63, 3.8) is 0 Å². The lowest BCUT2D eigenvalue weighted by Gasteiger charge is -2.14. The van der Waals surface area contributed by atoms with Crippen molar-refractivity contribution in [2.75, 3.05) is 6.61 Å². The maximum absolute atomic E-state index is 12.4. The smallest absolute Gasteiger partial charge is 0.159 e. The van der Waals surface area contributed by atoms with E-state index in [1.165, 1.54) is 5.56 Å². The van der Waals surface area contributed by atoms with Crippen molar-refractivity contribution in [2.45, 2.75) is 45.1 Å². The van der Waals surface area contributed by atoms with Crippen molar-refractivity contribution < 1.29 is 9.53 Å². The first-order valence-corrected chi connectivity index (χ1v) is 7.17. The van der Waals surface area contributed by atoms with Crippen LogP contribution in [0.25, 0.3) is 0 Å². The van der Waals surface area contributed by atoms with Gasteiger partial charge in [0.2, 0.25) is 0 Å². The van der Waals surface area contributed by atoms with Crippen molar-refractivity contribution in [3.05, 3.63) is 35.4 Å². The van der Waals surface area contributed by atoms with E-state index in [9.17, 15) is 10.1 Å². The quantitative estimate of drug-likeness (QED) is 0.843. The number of nitrogens with zero attached hydrogens (tertiary/aromatic N) is 1. The highest BCUT2D eigenvalue weighted by atomic mass is 16.5. The predicted molar refractivity (Wildman–Crippen MR) is 77.4 cm³/mol. The Morgan fingerprint density at radius 2 is 1.90 bits per heavy atom. The fourth-order valence-corrected chi connectivity index (χ4v) is 2.63. The summed E-state index contributed by atoms with van der Waals surface area (Å²) in [5, 5.41) is 9.34. The van der Waals surface area contributed by atoms with E-state index < -0.39 is 5.92 Å². The topological polar surface area (TPSA) is 50.1 Å². The second-order valence-corrected chi connectivity index (χ2v) is 5.86. The first-order chi connectivity index (χ1) is 9.52. The number of benzene rings is 1. The SMILES string of the molecule is CC1CC(C(=O)C(C#N)c2ccc(C(C)C)cc2)CO1. The van der Waals surface area contributed by atoms with Gasteiger partial charge in [0.05, 0.1) is 18.8 Å². The van der Waals surface area contributed by atoms with Crippen molar-refractivity contribution in [2.24, 2.45) is 5.92 Å². The summed E-state index contributed by atoms with van der Waals surface area (Å²) in [7, 11) is 0. The minimum absolute atomic E-state index is 0.00542. The lowest BCUT2D eigenvalue weighted by molar-refractivity contribution is -0.123. The van der Waals surface area contributed by atoms with E-state index in [4.69, 9.17) is 4.74 Å². The number of ether oxygens (including phenoxy) is 1. The van der Waals surface area contributed by atoms with Gasteiger partial charge >= 0.3 is 0 Å². The second kappa shape index (κ2) is 6.19. The highest BCUT2D eigenvalue weighted by molar-refractivity contribution is 5.90. The molecule has 1 aromatic carbocycles. The van der Waals surface area contributed by atoms with E-state index in [1.54, 1.807) is 0 Å². The fourth-order valence-electron chi connectivity index (χ4n) is 2.63. The summed E-state index contributed by atoms with van der Waals surface area (Å²) < 4.78 is 5.44. The molecule has 106 valence electrons. The zero-order valence-electron chi connectivity index (χ0n) is 12.3. The van der Waals surface area contributed by atoms with E-state index >= 15 is 0 Å². The molecule has 0 spiro atoms. The van der Waals surface area contributed by atoms with E-state index in [0.717, 1.165) is 12.0 Å². The van der Waals surface area contributed by atoms with Gasteiger partial charge in [-0.15, -0.1) is 0 Å². The molecule has 0 aliphatic carbocycles. The Labute approximate surface area is 120 Å². The summed E-state index contributed by atoms with van der Waals surface area (Å²) in [5.74, 6) is -0.368. The second-order valence-electron chi connectivity index (χ2n) is 5.86.